The van der Waals surface area contributed by atoms with Crippen molar-refractivity contribution < 1.29 is 14.3 Å². The highest BCUT2D eigenvalue weighted by Crippen LogP contribution is 2.25. The molecule has 1 amide bonds. The molecule has 0 aliphatic heterocycles. The Balaban J connectivity index is 1.75. The third-order valence-electron chi connectivity index (χ3n) is 3.69. The Kier molecular flexibility index (Phi) is 6.03. The average Bonchev–Trinajstić information content (AvgIpc) is 2.55. The zero-order valence-electron chi connectivity index (χ0n) is 13.9. The summed E-state index contributed by atoms with van der Waals surface area (Å²) in [7, 11) is 1.60. The van der Waals surface area contributed by atoms with E-state index in [1.165, 1.54) is 11.1 Å². The summed E-state index contributed by atoms with van der Waals surface area (Å²) >= 11 is 0. The Morgan fingerprint density at radius 3 is 2.48 bits per heavy atom. The number of ether oxygens (including phenoxy) is 2. The Morgan fingerprint density at radius 2 is 1.78 bits per heavy atom. The first-order valence-electron chi connectivity index (χ1n) is 7.69. The molecule has 122 valence electrons. The zero-order chi connectivity index (χ0) is 16.7. The molecule has 4 heteroatoms. The molecule has 0 saturated carbocycles. The molecule has 0 spiro atoms. The number of hydrogen-bond donors (Lipinski definition) is 1. The number of rotatable bonds is 7. The van der Waals surface area contributed by atoms with Crippen molar-refractivity contribution in [1.29, 1.82) is 0 Å². The van der Waals surface area contributed by atoms with Gasteiger partial charge < -0.3 is 14.8 Å². The van der Waals surface area contributed by atoms with Gasteiger partial charge in [-0.3, -0.25) is 4.79 Å². The van der Waals surface area contributed by atoms with Crippen molar-refractivity contribution in [1.82, 2.24) is 5.32 Å². The topological polar surface area (TPSA) is 47.6 Å². The van der Waals surface area contributed by atoms with Crippen LogP contribution in [0.15, 0.2) is 42.5 Å². The normalized spacial score (nSPS) is 10.2. The first kappa shape index (κ1) is 16.9. The first-order valence-corrected chi connectivity index (χ1v) is 7.69. The second-order valence-corrected chi connectivity index (χ2v) is 5.44. The molecule has 0 heterocycles. The van der Waals surface area contributed by atoms with Gasteiger partial charge in [0.1, 0.15) is 6.61 Å². The Labute approximate surface area is 137 Å². The van der Waals surface area contributed by atoms with Gasteiger partial charge in [0.15, 0.2) is 11.5 Å². The Hall–Kier alpha value is -2.49. The van der Waals surface area contributed by atoms with Crippen LogP contribution in [0, 0.1) is 13.8 Å². The maximum Gasteiger partial charge on any atom is 0.224 e. The van der Waals surface area contributed by atoms with E-state index in [9.17, 15) is 4.79 Å². The highest BCUT2D eigenvalue weighted by molar-refractivity contribution is 5.78. The van der Waals surface area contributed by atoms with Crippen LogP contribution >= 0.6 is 0 Å². The largest absolute Gasteiger partial charge is 0.493 e. The van der Waals surface area contributed by atoms with Crippen molar-refractivity contribution in [2.45, 2.75) is 20.3 Å². The van der Waals surface area contributed by atoms with Crippen molar-refractivity contribution in [2.24, 2.45) is 0 Å². The molecule has 0 aliphatic rings. The first-order chi connectivity index (χ1) is 11.1. The van der Waals surface area contributed by atoms with Crippen LogP contribution in [-0.4, -0.2) is 26.2 Å². The second-order valence-electron chi connectivity index (χ2n) is 5.44. The molecule has 4 nitrogen and oxygen atoms in total. The summed E-state index contributed by atoms with van der Waals surface area (Å²) in [5.74, 6) is 1.37. The molecule has 0 saturated heterocycles. The number of carbonyl (C=O) groups excluding carboxylic acids is 1. The van der Waals surface area contributed by atoms with E-state index >= 15 is 0 Å². The average molecular weight is 313 g/mol. The summed E-state index contributed by atoms with van der Waals surface area (Å²) in [6.07, 6.45) is 0.385. The molecule has 0 fully saturated rings. The Morgan fingerprint density at radius 1 is 1.04 bits per heavy atom. The smallest absolute Gasteiger partial charge is 0.224 e. The molecule has 1 N–H and O–H groups in total. The predicted octanol–water partition coefficient (Wildman–Crippen LogP) is 3.05. The van der Waals surface area contributed by atoms with E-state index in [-0.39, 0.29) is 5.91 Å². The highest BCUT2D eigenvalue weighted by Gasteiger charge is 2.05. The van der Waals surface area contributed by atoms with Gasteiger partial charge >= 0.3 is 0 Å². The predicted molar refractivity (Wildman–Crippen MR) is 91.1 cm³/mol. The molecular formula is C19H23NO3. The molecule has 2 rings (SSSR count). The van der Waals surface area contributed by atoms with E-state index in [1.54, 1.807) is 7.11 Å². The lowest BCUT2D eigenvalue weighted by Gasteiger charge is -2.11. The van der Waals surface area contributed by atoms with Gasteiger partial charge in [0, 0.05) is 0 Å². The lowest BCUT2D eigenvalue weighted by Crippen LogP contribution is -2.29. The van der Waals surface area contributed by atoms with Gasteiger partial charge in [0.2, 0.25) is 5.91 Å². The minimum atomic E-state index is -0.00289. The SMILES string of the molecule is COc1ccccc1OCCNC(=O)Cc1ccc(C)c(C)c1. The minimum absolute atomic E-state index is 0.00289. The van der Waals surface area contributed by atoms with Crippen molar-refractivity contribution >= 4 is 5.91 Å². The highest BCUT2D eigenvalue weighted by atomic mass is 16.5. The minimum Gasteiger partial charge on any atom is -0.493 e. The van der Waals surface area contributed by atoms with Crippen LogP contribution < -0.4 is 14.8 Å². The number of methoxy groups -OCH3 is 1. The molecule has 0 aliphatic carbocycles. The van der Waals surface area contributed by atoms with Crippen molar-refractivity contribution in [2.75, 3.05) is 20.3 Å². The summed E-state index contributed by atoms with van der Waals surface area (Å²) in [6.45, 7) is 4.98. The number of amides is 1. The van der Waals surface area contributed by atoms with Crippen LogP contribution in [0.4, 0.5) is 0 Å². The molecular weight excluding hydrogens is 290 g/mol. The van der Waals surface area contributed by atoms with Gasteiger partial charge in [-0.05, 0) is 42.7 Å². The van der Waals surface area contributed by atoms with Gasteiger partial charge in [0.05, 0.1) is 20.1 Å². The van der Waals surface area contributed by atoms with Crippen LogP contribution in [0.25, 0.3) is 0 Å². The number of aryl methyl sites for hydroxylation is 2. The van der Waals surface area contributed by atoms with E-state index in [4.69, 9.17) is 9.47 Å². The maximum absolute atomic E-state index is 12.0. The molecule has 2 aromatic rings. The summed E-state index contributed by atoms with van der Waals surface area (Å²) in [4.78, 5) is 12.0. The van der Waals surface area contributed by atoms with E-state index in [2.05, 4.69) is 25.2 Å². The van der Waals surface area contributed by atoms with Crippen molar-refractivity contribution in [3.05, 3.63) is 59.2 Å². The number of hydrogen-bond acceptors (Lipinski definition) is 3. The fourth-order valence-corrected chi connectivity index (χ4v) is 2.25. The lowest BCUT2D eigenvalue weighted by atomic mass is 10.0. The van der Waals surface area contributed by atoms with E-state index in [0.29, 0.717) is 31.1 Å². The molecule has 0 atom stereocenters. The molecule has 23 heavy (non-hydrogen) atoms. The number of benzene rings is 2. The van der Waals surface area contributed by atoms with E-state index in [1.807, 2.05) is 36.4 Å². The lowest BCUT2D eigenvalue weighted by molar-refractivity contribution is -0.120. The van der Waals surface area contributed by atoms with E-state index in [0.717, 1.165) is 5.56 Å². The zero-order valence-corrected chi connectivity index (χ0v) is 13.9. The molecule has 2 aromatic carbocycles. The summed E-state index contributed by atoms with van der Waals surface area (Å²) < 4.78 is 10.8. The van der Waals surface area contributed by atoms with E-state index < -0.39 is 0 Å². The number of nitrogens with one attached hydrogen (secondary N) is 1. The van der Waals surface area contributed by atoms with Crippen molar-refractivity contribution in [3.63, 3.8) is 0 Å². The number of carbonyl (C=O) groups is 1. The summed E-state index contributed by atoms with van der Waals surface area (Å²) in [5, 5.41) is 2.87. The molecule has 0 bridgehead atoms. The molecule has 0 unspecified atom stereocenters. The van der Waals surface area contributed by atoms with Crippen LogP contribution in [0.2, 0.25) is 0 Å². The standard InChI is InChI=1S/C19H23NO3/c1-14-8-9-16(12-15(14)2)13-19(21)20-10-11-23-18-7-5-4-6-17(18)22-3/h4-9,12H,10-11,13H2,1-3H3,(H,20,21). The van der Waals surface area contributed by atoms with Gasteiger partial charge in [-0.15, -0.1) is 0 Å². The fourth-order valence-electron chi connectivity index (χ4n) is 2.25. The monoisotopic (exact) mass is 313 g/mol. The summed E-state index contributed by atoms with van der Waals surface area (Å²) in [5.41, 5.74) is 3.46. The Bertz CT molecular complexity index is 667. The quantitative estimate of drug-likeness (QED) is 0.799. The number of para-hydroxylation sites is 2. The summed E-state index contributed by atoms with van der Waals surface area (Å²) in [6, 6.07) is 13.5. The van der Waals surface area contributed by atoms with Gasteiger partial charge in [-0.25, -0.2) is 0 Å². The third kappa shape index (κ3) is 5.02. The van der Waals surface area contributed by atoms with Crippen LogP contribution in [-0.2, 0) is 11.2 Å². The van der Waals surface area contributed by atoms with Crippen LogP contribution in [0.5, 0.6) is 11.5 Å². The fraction of sp³-hybridized carbons (Fsp3) is 0.316. The van der Waals surface area contributed by atoms with Gasteiger partial charge in [0.25, 0.3) is 0 Å². The van der Waals surface area contributed by atoms with Crippen LogP contribution in [0.3, 0.4) is 0 Å². The molecule has 0 aromatic heterocycles. The van der Waals surface area contributed by atoms with Crippen LogP contribution in [0.1, 0.15) is 16.7 Å². The second kappa shape index (κ2) is 8.22. The van der Waals surface area contributed by atoms with Gasteiger partial charge in [-0.1, -0.05) is 30.3 Å². The van der Waals surface area contributed by atoms with Crippen molar-refractivity contribution in [3.8, 4) is 11.5 Å². The third-order valence-corrected chi connectivity index (χ3v) is 3.69. The maximum atomic E-state index is 12.0. The van der Waals surface area contributed by atoms with Gasteiger partial charge in [-0.2, -0.15) is 0 Å². The molecule has 0 radical (unpaired) electrons.